The number of benzene rings is 2. The molecule has 148 valence electrons. The highest BCUT2D eigenvalue weighted by molar-refractivity contribution is 7.89. The first-order valence-corrected chi connectivity index (χ1v) is 11.4. The molecule has 1 aliphatic rings. The van der Waals surface area contributed by atoms with E-state index in [-0.39, 0.29) is 10.8 Å². The molecule has 1 aromatic heterocycles. The summed E-state index contributed by atoms with van der Waals surface area (Å²) in [5.74, 6) is 1.02. The lowest BCUT2D eigenvalue weighted by molar-refractivity contribution is 0.315. The van der Waals surface area contributed by atoms with Gasteiger partial charge in [-0.25, -0.2) is 13.4 Å². The summed E-state index contributed by atoms with van der Waals surface area (Å²) in [7, 11) is -0.591. The third-order valence-corrected chi connectivity index (χ3v) is 8.10. The smallest absolute Gasteiger partial charge is 0.243 e. The van der Waals surface area contributed by atoms with Crippen LogP contribution in [0.2, 0.25) is 0 Å². The molecule has 0 saturated carbocycles. The molecule has 8 heteroatoms. The maximum atomic E-state index is 13.2. The minimum absolute atomic E-state index is 0.112. The van der Waals surface area contributed by atoms with E-state index in [1.807, 2.05) is 18.2 Å². The van der Waals surface area contributed by atoms with Crippen molar-refractivity contribution in [2.75, 3.05) is 27.3 Å². The predicted octanol–water partition coefficient (Wildman–Crippen LogP) is 3.88. The van der Waals surface area contributed by atoms with Crippen molar-refractivity contribution in [3.63, 3.8) is 0 Å². The van der Waals surface area contributed by atoms with Gasteiger partial charge in [-0.3, -0.25) is 0 Å². The molecule has 2 aromatic carbocycles. The molecule has 1 unspecified atom stereocenters. The number of thiazole rings is 1. The molecular weight excluding hydrogens is 396 g/mol. The topological polar surface area (TPSA) is 68.7 Å². The second-order valence-electron chi connectivity index (χ2n) is 6.74. The van der Waals surface area contributed by atoms with Crippen molar-refractivity contribution in [3.05, 3.63) is 47.5 Å². The van der Waals surface area contributed by atoms with Crippen LogP contribution in [0, 0.1) is 0 Å². The predicted molar refractivity (Wildman–Crippen MR) is 110 cm³/mol. The standard InChI is InChI=1S/C20H22N2O4S2/c1-25-17-10-9-15(12-18(17)26-2)28(23,24)22-11-5-6-14(13-22)20-21-16-7-3-4-8-19(16)27-20/h3-4,7-10,12,14H,5-6,11,13H2,1-2H3. The van der Waals surface area contributed by atoms with Gasteiger partial charge in [0.2, 0.25) is 10.0 Å². The summed E-state index contributed by atoms with van der Waals surface area (Å²) in [6, 6.07) is 12.7. The second kappa shape index (κ2) is 7.69. The van der Waals surface area contributed by atoms with Gasteiger partial charge in [-0.2, -0.15) is 4.31 Å². The summed E-state index contributed by atoms with van der Waals surface area (Å²) in [6.07, 6.45) is 1.75. The van der Waals surface area contributed by atoms with Gasteiger partial charge in [0, 0.05) is 25.1 Å². The molecule has 2 heterocycles. The Morgan fingerprint density at radius 3 is 2.64 bits per heavy atom. The Hall–Kier alpha value is -2.16. The van der Waals surface area contributed by atoms with Gasteiger partial charge in [-0.05, 0) is 37.1 Å². The van der Waals surface area contributed by atoms with Crippen molar-refractivity contribution >= 4 is 31.6 Å². The molecule has 6 nitrogen and oxygen atoms in total. The second-order valence-corrected chi connectivity index (χ2v) is 9.74. The molecule has 0 spiro atoms. The zero-order valence-corrected chi connectivity index (χ0v) is 17.4. The van der Waals surface area contributed by atoms with Crippen molar-refractivity contribution < 1.29 is 17.9 Å². The van der Waals surface area contributed by atoms with E-state index in [9.17, 15) is 8.42 Å². The van der Waals surface area contributed by atoms with Crippen LogP contribution >= 0.6 is 11.3 Å². The zero-order chi connectivity index (χ0) is 19.7. The Balaban J connectivity index is 1.61. The highest BCUT2D eigenvalue weighted by atomic mass is 32.2. The normalized spacial score (nSPS) is 18.3. The van der Waals surface area contributed by atoms with E-state index in [1.165, 1.54) is 20.3 Å². The van der Waals surface area contributed by atoms with Gasteiger partial charge < -0.3 is 9.47 Å². The molecule has 0 N–H and O–H groups in total. The number of para-hydroxylation sites is 1. The summed E-state index contributed by atoms with van der Waals surface area (Å²) in [6.45, 7) is 0.953. The number of fused-ring (bicyclic) bond motifs is 1. The van der Waals surface area contributed by atoms with Crippen LogP contribution in [0.5, 0.6) is 11.5 Å². The number of sulfonamides is 1. The molecule has 1 fully saturated rings. The van der Waals surface area contributed by atoms with Crippen LogP contribution in [0.3, 0.4) is 0 Å². The highest BCUT2D eigenvalue weighted by Crippen LogP contribution is 2.36. The minimum atomic E-state index is -3.62. The third kappa shape index (κ3) is 3.47. The number of methoxy groups -OCH3 is 2. The van der Waals surface area contributed by atoms with E-state index in [4.69, 9.17) is 14.5 Å². The van der Waals surface area contributed by atoms with Crippen molar-refractivity contribution in [1.29, 1.82) is 0 Å². The zero-order valence-electron chi connectivity index (χ0n) is 15.8. The highest BCUT2D eigenvalue weighted by Gasteiger charge is 2.32. The first-order valence-electron chi connectivity index (χ1n) is 9.10. The van der Waals surface area contributed by atoms with Gasteiger partial charge in [-0.15, -0.1) is 11.3 Å². The molecule has 28 heavy (non-hydrogen) atoms. The molecule has 1 atom stereocenters. The maximum absolute atomic E-state index is 13.2. The fourth-order valence-corrected chi connectivity index (χ4v) is 6.19. The first-order chi connectivity index (χ1) is 13.5. The van der Waals surface area contributed by atoms with Gasteiger partial charge in [0.1, 0.15) is 0 Å². The maximum Gasteiger partial charge on any atom is 0.243 e. The first kappa shape index (κ1) is 19.2. The van der Waals surface area contributed by atoms with Crippen molar-refractivity contribution in [2.24, 2.45) is 0 Å². The van der Waals surface area contributed by atoms with E-state index in [0.717, 1.165) is 28.1 Å². The van der Waals surface area contributed by atoms with Crippen LogP contribution in [0.25, 0.3) is 10.2 Å². The Bertz CT molecular complexity index is 1060. The molecule has 0 radical (unpaired) electrons. The fraction of sp³-hybridized carbons (Fsp3) is 0.350. The van der Waals surface area contributed by atoms with E-state index in [2.05, 4.69) is 6.07 Å². The molecule has 1 saturated heterocycles. The number of nitrogens with zero attached hydrogens (tertiary/aromatic N) is 2. The SMILES string of the molecule is COc1ccc(S(=O)(=O)N2CCCC(c3nc4ccccc4s3)C2)cc1OC. The number of ether oxygens (including phenoxy) is 2. The van der Waals surface area contributed by atoms with Crippen molar-refractivity contribution in [3.8, 4) is 11.5 Å². The monoisotopic (exact) mass is 418 g/mol. The van der Waals surface area contributed by atoms with E-state index in [1.54, 1.807) is 27.8 Å². The Kier molecular flexibility index (Phi) is 5.27. The number of aromatic nitrogens is 1. The van der Waals surface area contributed by atoms with Gasteiger partial charge in [0.25, 0.3) is 0 Å². The summed E-state index contributed by atoms with van der Waals surface area (Å²) in [5, 5.41) is 1.01. The van der Waals surface area contributed by atoms with E-state index >= 15 is 0 Å². The molecule has 1 aliphatic heterocycles. The molecule has 4 rings (SSSR count). The van der Waals surface area contributed by atoms with Crippen LogP contribution in [0.15, 0.2) is 47.4 Å². The quantitative estimate of drug-likeness (QED) is 0.629. The number of piperidine rings is 1. The van der Waals surface area contributed by atoms with Crippen LogP contribution < -0.4 is 9.47 Å². The van der Waals surface area contributed by atoms with E-state index in [0.29, 0.717) is 24.6 Å². The molecule has 0 amide bonds. The number of rotatable bonds is 5. The van der Waals surface area contributed by atoms with Crippen LogP contribution in [0.1, 0.15) is 23.8 Å². The lowest BCUT2D eigenvalue weighted by Gasteiger charge is -2.31. The summed E-state index contributed by atoms with van der Waals surface area (Å²) < 4.78 is 39.6. The molecule has 3 aromatic rings. The fourth-order valence-electron chi connectivity index (χ4n) is 3.55. The lowest BCUT2D eigenvalue weighted by atomic mass is 10.0. The lowest BCUT2D eigenvalue weighted by Crippen LogP contribution is -2.39. The van der Waals surface area contributed by atoms with Crippen LogP contribution in [0.4, 0.5) is 0 Å². The third-order valence-electron chi connectivity index (χ3n) is 5.04. The van der Waals surface area contributed by atoms with Crippen LogP contribution in [-0.4, -0.2) is 45.0 Å². The van der Waals surface area contributed by atoms with E-state index < -0.39 is 10.0 Å². The van der Waals surface area contributed by atoms with Crippen molar-refractivity contribution in [1.82, 2.24) is 9.29 Å². The Labute approximate surface area is 168 Å². The number of hydrogen-bond donors (Lipinski definition) is 0. The van der Waals surface area contributed by atoms with Gasteiger partial charge in [0.05, 0.1) is 34.3 Å². The Morgan fingerprint density at radius 2 is 1.89 bits per heavy atom. The summed E-state index contributed by atoms with van der Waals surface area (Å²) in [4.78, 5) is 4.95. The van der Waals surface area contributed by atoms with Gasteiger partial charge in [0.15, 0.2) is 11.5 Å². The average molecular weight is 419 g/mol. The van der Waals surface area contributed by atoms with Gasteiger partial charge >= 0.3 is 0 Å². The summed E-state index contributed by atoms with van der Waals surface area (Å²) >= 11 is 1.65. The average Bonchev–Trinajstić information content (AvgIpc) is 3.17. The molecular formula is C20H22N2O4S2. The largest absolute Gasteiger partial charge is 0.493 e. The van der Waals surface area contributed by atoms with Crippen LogP contribution in [-0.2, 0) is 10.0 Å². The molecule has 0 bridgehead atoms. The molecule has 0 aliphatic carbocycles. The number of hydrogen-bond acceptors (Lipinski definition) is 6. The summed E-state index contributed by atoms with van der Waals surface area (Å²) in [5.41, 5.74) is 0.974. The van der Waals surface area contributed by atoms with Gasteiger partial charge in [-0.1, -0.05) is 12.1 Å². The minimum Gasteiger partial charge on any atom is -0.493 e. The Morgan fingerprint density at radius 1 is 1.11 bits per heavy atom. The van der Waals surface area contributed by atoms with Crippen molar-refractivity contribution in [2.45, 2.75) is 23.7 Å².